The normalized spacial score (nSPS) is 9.79. The maximum absolute atomic E-state index is 10.1. The fraction of sp³-hybridized carbons (Fsp3) is 0.333. The van der Waals surface area contributed by atoms with E-state index in [0.29, 0.717) is 5.57 Å². The largest absolute Gasteiger partial charge is 0.391 e. The van der Waals surface area contributed by atoms with Crippen LogP contribution in [0.15, 0.2) is 23.8 Å². The van der Waals surface area contributed by atoms with Gasteiger partial charge in [-0.15, -0.1) is 0 Å². The SMILES string of the molecule is C=C(CO)C(N)=O.CC=C(C)C(N)=O. The van der Waals surface area contributed by atoms with Gasteiger partial charge in [-0.3, -0.25) is 9.59 Å². The van der Waals surface area contributed by atoms with E-state index in [9.17, 15) is 9.59 Å². The summed E-state index contributed by atoms with van der Waals surface area (Å²) in [6, 6.07) is 0. The lowest BCUT2D eigenvalue weighted by Crippen LogP contribution is -2.14. The van der Waals surface area contributed by atoms with Crippen molar-refractivity contribution >= 4 is 11.8 Å². The van der Waals surface area contributed by atoms with Gasteiger partial charge in [0, 0.05) is 11.1 Å². The Bertz CT molecular complexity index is 257. The van der Waals surface area contributed by atoms with Gasteiger partial charge in [0.05, 0.1) is 6.61 Å². The number of amides is 2. The first-order valence-corrected chi connectivity index (χ1v) is 3.87. The Hall–Kier alpha value is -1.62. The van der Waals surface area contributed by atoms with Crippen LogP contribution in [0.25, 0.3) is 0 Å². The highest BCUT2D eigenvalue weighted by molar-refractivity contribution is 5.91. The zero-order chi connectivity index (χ0) is 11.7. The molecule has 0 aliphatic heterocycles. The molecule has 0 spiro atoms. The minimum atomic E-state index is -0.650. The predicted octanol–water partition coefficient (Wildman–Crippen LogP) is -0.542. The quantitative estimate of drug-likeness (QED) is 0.532. The van der Waals surface area contributed by atoms with E-state index in [1.165, 1.54) is 0 Å². The van der Waals surface area contributed by atoms with Gasteiger partial charge in [0.2, 0.25) is 11.8 Å². The van der Waals surface area contributed by atoms with E-state index in [1.807, 2.05) is 0 Å². The van der Waals surface area contributed by atoms with Crippen LogP contribution in [0.2, 0.25) is 0 Å². The topological polar surface area (TPSA) is 106 Å². The highest BCUT2D eigenvalue weighted by atomic mass is 16.3. The second-order valence-corrected chi connectivity index (χ2v) is 2.46. The molecule has 0 fully saturated rings. The van der Waals surface area contributed by atoms with E-state index in [4.69, 9.17) is 10.8 Å². The van der Waals surface area contributed by atoms with E-state index in [0.717, 1.165) is 0 Å². The van der Waals surface area contributed by atoms with Crippen LogP contribution in [-0.4, -0.2) is 23.5 Å². The molecule has 0 atom stereocenters. The third-order valence-electron chi connectivity index (χ3n) is 1.36. The Kier molecular flexibility index (Phi) is 8.50. The van der Waals surface area contributed by atoms with Crippen LogP contribution in [-0.2, 0) is 9.59 Å². The maximum Gasteiger partial charge on any atom is 0.246 e. The average Bonchev–Trinajstić information content (AvgIpc) is 2.15. The van der Waals surface area contributed by atoms with Crippen molar-refractivity contribution in [2.75, 3.05) is 6.61 Å². The maximum atomic E-state index is 10.1. The number of hydrogen-bond acceptors (Lipinski definition) is 3. The molecule has 0 aromatic rings. The van der Waals surface area contributed by atoms with Crippen molar-refractivity contribution in [2.24, 2.45) is 11.5 Å². The Morgan fingerprint density at radius 2 is 1.79 bits per heavy atom. The minimum absolute atomic E-state index is 0.0417. The number of primary amides is 2. The fourth-order valence-corrected chi connectivity index (χ4v) is 0.220. The molecule has 5 N–H and O–H groups in total. The highest BCUT2D eigenvalue weighted by Gasteiger charge is 1.94. The van der Waals surface area contributed by atoms with Gasteiger partial charge in [-0.05, 0) is 13.8 Å². The standard InChI is InChI=1S/C5H9NO.C4H7NO2/c1-3-4(2)5(6)7;1-3(2-6)4(5)7/h3H,1-2H3,(H2,6,7);6H,1-2H2,(H2,5,7). The molecule has 2 amide bonds. The van der Waals surface area contributed by atoms with Crippen LogP contribution >= 0.6 is 0 Å². The van der Waals surface area contributed by atoms with Gasteiger partial charge in [0.25, 0.3) is 0 Å². The molecular weight excluding hydrogens is 184 g/mol. The number of rotatable bonds is 3. The Labute approximate surface area is 83.1 Å². The van der Waals surface area contributed by atoms with E-state index < -0.39 is 5.91 Å². The summed E-state index contributed by atoms with van der Waals surface area (Å²) in [5, 5.41) is 8.10. The summed E-state index contributed by atoms with van der Waals surface area (Å²) in [5.74, 6) is -0.995. The second kappa shape index (κ2) is 8.00. The lowest BCUT2D eigenvalue weighted by Gasteiger charge is -1.88. The first-order chi connectivity index (χ1) is 6.36. The van der Waals surface area contributed by atoms with Gasteiger partial charge in [-0.2, -0.15) is 0 Å². The number of carbonyl (C=O) groups is 2. The Morgan fingerprint density at radius 3 is 1.79 bits per heavy atom. The number of hydrogen-bond donors (Lipinski definition) is 3. The molecule has 0 aliphatic carbocycles. The summed E-state index contributed by atoms with van der Waals surface area (Å²) >= 11 is 0. The third kappa shape index (κ3) is 8.48. The third-order valence-corrected chi connectivity index (χ3v) is 1.36. The molecule has 0 saturated carbocycles. The van der Waals surface area contributed by atoms with Crippen LogP contribution in [0.3, 0.4) is 0 Å². The first kappa shape index (κ1) is 14.9. The van der Waals surface area contributed by atoms with Crippen molar-refractivity contribution in [1.29, 1.82) is 0 Å². The molecule has 14 heavy (non-hydrogen) atoms. The molecule has 0 radical (unpaired) electrons. The monoisotopic (exact) mass is 200 g/mol. The van der Waals surface area contributed by atoms with Gasteiger partial charge in [0.15, 0.2) is 0 Å². The molecule has 0 aromatic carbocycles. The zero-order valence-electron chi connectivity index (χ0n) is 8.41. The number of allylic oxidation sites excluding steroid dienone is 1. The van der Waals surface area contributed by atoms with Gasteiger partial charge >= 0.3 is 0 Å². The number of aliphatic hydroxyl groups is 1. The highest BCUT2D eigenvalue weighted by Crippen LogP contribution is 1.85. The molecule has 0 aromatic heterocycles. The summed E-state index contributed by atoms with van der Waals surface area (Å²) in [6.45, 7) is 6.26. The molecule has 0 rings (SSSR count). The van der Waals surface area contributed by atoms with E-state index in [2.05, 4.69) is 12.3 Å². The molecule has 0 heterocycles. The minimum Gasteiger partial charge on any atom is -0.391 e. The smallest absolute Gasteiger partial charge is 0.246 e. The van der Waals surface area contributed by atoms with Crippen LogP contribution in [0.1, 0.15) is 13.8 Å². The number of aliphatic hydroxyl groups excluding tert-OH is 1. The van der Waals surface area contributed by atoms with Gasteiger partial charge < -0.3 is 16.6 Å². The Balaban J connectivity index is 0. The molecule has 5 heteroatoms. The van der Waals surface area contributed by atoms with Gasteiger partial charge in [0.1, 0.15) is 0 Å². The summed E-state index contributed by atoms with van der Waals surface area (Å²) in [5.41, 5.74) is 10.1. The van der Waals surface area contributed by atoms with Crippen molar-refractivity contribution in [3.05, 3.63) is 23.8 Å². The molecule has 80 valence electrons. The molecule has 0 bridgehead atoms. The van der Waals surface area contributed by atoms with E-state index in [-0.39, 0.29) is 18.1 Å². The van der Waals surface area contributed by atoms with Crippen molar-refractivity contribution in [3.8, 4) is 0 Å². The van der Waals surface area contributed by atoms with E-state index >= 15 is 0 Å². The van der Waals surface area contributed by atoms with Crippen molar-refractivity contribution in [1.82, 2.24) is 0 Å². The summed E-state index contributed by atoms with van der Waals surface area (Å²) in [7, 11) is 0. The number of carbonyl (C=O) groups excluding carboxylic acids is 2. The van der Waals surface area contributed by atoms with E-state index in [1.54, 1.807) is 19.9 Å². The molecule has 0 saturated heterocycles. The van der Waals surface area contributed by atoms with Gasteiger partial charge in [-0.1, -0.05) is 12.7 Å². The average molecular weight is 200 g/mol. The van der Waals surface area contributed by atoms with Crippen molar-refractivity contribution in [3.63, 3.8) is 0 Å². The second-order valence-electron chi connectivity index (χ2n) is 2.46. The van der Waals surface area contributed by atoms with Gasteiger partial charge in [-0.25, -0.2) is 0 Å². The molecular formula is C9H16N2O3. The van der Waals surface area contributed by atoms with Crippen LogP contribution < -0.4 is 11.5 Å². The molecule has 5 nitrogen and oxygen atoms in total. The van der Waals surface area contributed by atoms with Crippen molar-refractivity contribution < 1.29 is 14.7 Å². The summed E-state index contributed by atoms with van der Waals surface area (Å²) < 4.78 is 0. The fourth-order valence-electron chi connectivity index (χ4n) is 0.220. The molecule has 0 unspecified atom stereocenters. The Morgan fingerprint density at radius 1 is 1.36 bits per heavy atom. The van der Waals surface area contributed by atoms with Crippen LogP contribution in [0.5, 0.6) is 0 Å². The summed E-state index contributed by atoms with van der Waals surface area (Å²) in [6.07, 6.45) is 1.68. The lowest BCUT2D eigenvalue weighted by molar-refractivity contribution is -0.115. The van der Waals surface area contributed by atoms with Crippen LogP contribution in [0, 0.1) is 0 Å². The van der Waals surface area contributed by atoms with Crippen LogP contribution in [0.4, 0.5) is 0 Å². The predicted molar refractivity (Wildman–Crippen MR) is 54.0 cm³/mol. The summed E-state index contributed by atoms with van der Waals surface area (Å²) in [4.78, 5) is 20.0. The molecule has 0 aliphatic rings. The zero-order valence-corrected chi connectivity index (χ0v) is 8.41. The van der Waals surface area contributed by atoms with Crippen molar-refractivity contribution in [2.45, 2.75) is 13.8 Å². The first-order valence-electron chi connectivity index (χ1n) is 3.87. The number of nitrogens with two attached hydrogens (primary N) is 2. The lowest BCUT2D eigenvalue weighted by atomic mass is 10.3.